The van der Waals surface area contributed by atoms with Gasteiger partial charge in [-0.3, -0.25) is 4.79 Å². The summed E-state index contributed by atoms with van der Waals surface area (Å²) >= 11 is 0. The molecule has 0 unspecified atom stereocenters. The van der Waals surface area contributed by atoms with Gasteiger partial charge >= 0.3 is 0 Å². The van der Waals surface area contributed by atoms with E-state index in [0.29, 0.717) is 12.8 Å². The summed E-state index contributed by atoms with van der Waals surface area (Å²) in [4.78, 5) is 11.3. The molecular formula is C11H20O3S. The van der Waals surface area contributed by atoms with Crippen molar-refractivity contribution in [3.8, 4) is 0 Å². The summed E-state index contributed by atoms with van der Waals surface area (Å²) in [6.07, 6.45) is 2.40. The molecule has 0 saturated carbocycles. The minimum atomic E-state index is -2.90. The Hall–Kier alpha value is -0.640. The average molecular weight is 232 g/mol. The quantitative estimate of drug-likeness (QED) is 0.684. The number of allylic oxidation sites excluding steroid dienone is 1. The fourth-order valence-electron chi connectivity index (χ4n) is 1.60. The molecule has 0 aromatic rings. The summed E-state index contributed by atoms with van der Waals surface area (Å²) in [5.41, 5.74) is -0.578. The van der Waals surface area contributed by atoms with E-state index in [9.17, 15) is 13.2 Å². The van der Waals surface area contributed by atoms with Gasteiger partial charge in [-0.1, -0.05) is 19.9 Å². The Kier molecular flexibility index (Phi) is 5.21. The number of hydrogen-bond acceptors (Lipinski definition) is 3. The molecule has 1 aliphatic rings. The lowest BCUT2D eigenvalue weighted by Gasteiger charge is -2.31. The second-order valence-corrected chi connectivity index (χ2v) is 5.87. The highest BCUT2D eigenvalue weighted by Crippen LogP contribution is 2.34. The molecule has 1 saturated heterocycles. The van der Waals surface area contributed by atoms with Gasteiger partial charge in [-0.2, -0.15) is 0 Å². The molecule has 3 nitrogen and oxygen atoms in total. The monoisotopic (exact) mass is 232 g/mol. The molecule has 1 aliphatic heterocycles. The molecule has 0 bridgehead atoms. The molecular weight excluding hydrogens is 212 g/mol. The van der Waals surface area contributed by atoms with Crippen LogP contribution in [0.1, 0.15) is 33.6 Å². The van der Waals surface area contributed by atoms with Crippen LogP contribution in [-0.2, 0) is 14.6 Å². The van der Waals surface area contributed by atoms with Crippen molar-refractivity contribution in [2.45, 2.75) is 33.6 Å². The Morgan fingerprint density at radius 1 is 1.27 bits per heavy atom. The molecule has 0 spiro atoms. The Morgan fingerprint density at radius 3 is 1.93 bits per heavy atom. The van der Waals surface area contributed by atoms with Gasteiger partial charge in [0, 0.05) is 5.41 Å². The van der Waals surface area contributed by atoms with Gasteiger partial charge in [-0.15, -0.1) is 6.58 Å². The van der Waals surface area contributed by atoms with Gasteiger partial charge in [0.1, 0.15) is 15.6 Å². The maximum absolute atomic E-state index is 11.3. The fraction of sp³-hybridized carbons (Fsp3) is 0.727. The third kappa shape index (κ3) is 3.45. The predicted molar refractivity (Wildman–Crippen MR) is 62.5 cm³/mol. The summed E-state index contributed by atoms with van der Waals surface area (Å²) in [6.45, 7) is 9.11. The zero-order valence-corrected chi connectivity index (χ0v) is 10.6. The maximum atomic E-state index is 11.3. The van der Waals surface area contributed by atoms with E-state index >= 15 is 0 Å². The number of rotatable bonds is 2. The molecule has 0 N–H and O–H groups in total. The Bertz CT molecular complexity index is 314. The van der Waals surface area contributed by atoms with Crippen molar-refractivity contribution in [1.82, 2.24) is 0 Å². The second kappa shape index (κ2) is 5.45. The summed E-state index contributed by atoms with van der Waals surface area (Å²) in [5.74, 6) is 0.245. The third-order valence-electron chi connectivity index (χ3n) is 2.81. The maximum Gasteiger partial charge on any atom is 0.150 e. The molecule has 4 heteroatoms. The molecule has 0 radical (unpaired) electrons. The lowest BCUT2D eigenvalue weighted by atomic mass is 9.79. The molecule has 15 heavy (non-hydrogen) atoms. The van der Waals surface area contributed by atoms with Crippen LogP contribution in [-0.4, -0.2) is 25.7 Å². The standard InChI is InChI=1S/C9H14O3S.C2H6/c1-3-9(8(2)10)4-6-13(11,12)7-5-9;1-2/h3H,1,4-7H2,2H3;1-2H3. The van der Waals surface area contributed by atoms with Gasteiger partial charge in [0.2, 0.25) is 0 Å². The van der Waals surface area contributed by atoms with Crippen LogP contribution in [0.3, 0.4) is 0 Å². The first kappa shape index (κ1) is 14.4. The summed E-state index contributed by atoms with van der Waals surface area (Å²) in [7, 11) is -2.90. The van der Waals surface area contributed by atoms with Crippen molar-refractivity contribution < 1.29 is 13.2 Å². The molecule has 0 aromatic heterocycles. The zero-order valence-electron chi connectivity index (χ0n) is 9.75. The van der Waals surface area contributed by atoms with Crippen LogP contribution in [0, 0.1) is 5.41 Å². The first-order chi connectivity index (χ1) is 6.92. The van der Waals surface area contributed by atoms with Crippen molar-refractivity contribution >= 4 is 15.6 Å². The number of hydrogen-bond donors (Lipinski definition) is 0. The Balaban J connectivity index is 0.000000921. The first-order valence-electron chi connectivity index (χ1n) is 5.27. The van der Waals surface area contributed by atoms with Crippen molar-refractivity contribution in [2.75, 3.05) is 11.5 Å². The molecule has 0 amide bonds. The molecule has 0 aliphatic carbocycles. The van der Waals surface area contributed by atoms with E-state index in [-0.39, 0.29) is 17.3 Å². The molecule has 0 aromatic carbocycles. The summed E-state index contributed by atoms with van der Waals surface area (Å²) < 4.78 is 22.3. The van der Waals surface area contributed by atoms with E-state index in [2.05, 4.69) is 6.58 Å². The van der Waals surface area contributed by atoms with Gasteiger partial charge < -0.3 is 0 Å². The summed E-state index contributed by atoms with van der Waals surface area (Å²) in [5, 5.41) is 0. The van der Waals surface area contributed by atoms with Crippen molar-refractivity contribution in [3.63, 3.8) is 0 Å². The second-order valence-electron chi connectivity index (χ2n) is 3.57. The van der Waals surface area contributed by atoms with Crippen molar-refractivity contribution in [2.24, 2.45) is 5.41 Å². The van der Waals surface area contributed by atoms with Crippen molar-refractivity contribution in [1.29, 1.82) is 0 Å². The van der Waals surface area contributed by atoms with Gasteiger partial charge in [0.15, 0.2) is 0 Å². The Labute approximate surface area is 92.5 Å². The van der Waals surface area contributed by atoms with Gasteiger partial charge in [0.25, 0.3) is 0 Å². The highest BCUT2D eigenvalue weighted by atomic mass is 32.2. The van der Waals surface area contributed by atoms with E-state index in [1.165, 1.54) is 6.92 Å². The highest BCUT2D eigenvalue weighted by Gasteiger charge is 2.38. The lowest BCUT2D eigenvalue weighted by molar-refractivity contribution is -0.124. The van der Waals surface area contributed by atoms with Gasteiger partial charge in [-0.25, -0.2) is 8.42 Å². The van der Waals surface area contributed by atoms with E-state index in [1.54, 1.807) is 6.08 Å². The molecule has 88 valence electrons. The fourth-order valence-corrected chi connectivity index (χ4v) is 3.16. The van der Waals surface area contributed by atoms with Crippen LogP contribution < -0.4 is 0 Å². The van der Waals surface area contributed by atoms with Crippen LogP contribution in [0.25, 0.3) is 0 Å². The molecule has 1 heterocycles. The molecule has 1 rings (SSSR count). The van der Waals surface area contributed by atoms with E-state index in [4.69, 9.17) is 0 Å². The van der Waals surface area contributed by atoms with E-state index < -0.39 is 15.3 Å². The van der Waals surface area contributed by atoms with Crippen LogP contribution in [0.5, 0.6) is 0 Å². The smallest absolute Gasteiger partial charge is 0.150 e. The number of carbonyl (C=O) groups excluding carboxylic acids is 1. The highest BCUT2D eigenvalue weighted by molar-refractivity contribution is 7.91. The average Bonchev–Trinajstić information content (AvgIpc) is 2.21. The normalized spacial score (nSPS) is 22.1. The lowest BCUT2D eigenvalue weighted by Crippen LogP contribution is -2.36. The number of carbonyl (C=O) groups is 1. The molecule has 0 atom stereocenters. The number of ketones is 1. The molecule has 1 fully saturated rings. The van der Waals surface area contributed by atoms with Crippen molar-refractivity contribution in [3.05, 3.63) is 12.7 Å². The van der Waals surface area contributed by atoms with Crippen LogP contribution in [0.2, 0.25) is 0 Å². The predicted octanol–water partition coefficient (Wildman–Crippen LogP) is 1.98. The largest absolute Gasteiger partial charge is 0.299 e. The number of sulfone groups is 1. The van der Waals surface area contributed by atoms with E-state index in [0.717, 1.165) is 0 Å². The van der Waals surface area contributed by atoms with E-state index in [1.807, 2.05) is 13.8 Å². The van der Waals surface area contributed by atoms with Crippen LogP contribution in [0.4, 0.5) is 0 Å². The number of Topliss-reactive ketones (excluding diaryl/α,β-unsaturated/α-hetero) is 1. The van der Waals surface area contributed by atoms with Gasteiger partial charge in [-0.05, 0) is 19.8 Å². The minimum Gasteiger partial charge on any atom is -0.299 e. The topological polar surface area (TPSA) is 51.2 Å². The van der Waals surface area contributed by atoms with Crippen LogP contribution >= 0.6 is 0 Å². The minimum absolute atomic E-state index is 0.0254. The first-order valence-corrected chi connectivity index (χ1v) is 7.09. The zero-order chi connectivity index (χ0) is 12.1. The summed E-state index contributed by atoms with van der Waals surface area (Å²) in [6, 6.07) is 0. The SMILES string of the molecule is C=CC1(C(C)=O)CCS(=O)(=O)CC1.CC. The third-order valence-corrected chi connectivity index (χ3v) is 4.46. The Morgan fingerprint density at radius 2 is 1.67 bits per heavy atom. The van der Waals surface area contributed by atoms with Gasteiger partial charge in [0.05, 0.1) is 11.5 Å². The van der Waals surface area contributed by atoms with Crippen LogP contribution in [0.15, 0.2) is 12.7 Å².